The second kappa shape index (κ2) is 3.45. The average Bonchev–Trinajstić information content (AvgIpc) is 2.82. The molecule has 1 unspecified atom stereocenters. The van der Waals surface area contributed by atoms with Crippen molar-refractivity contribution in [3.8, 4) is 5.75 Å². The van der Waals surface area contributed by atoms with Crippen LogP contribution in [-0.2, 0) is 0 Å². The molecule has 2 aromatic heterocycles. The van der Waals surface area contributed by atoms with Crippen molar-refractivity contribution in [2.45, 2.75) is 18.1 Å². The predicted molar refractivity (Wildman–Crippen MR) is 61.3 cm³/mol. The van der Waals surface area contributed by atoms with Crippen molar-refractivity contribution in [2.24, 2.45) is 0 Å². The summed E-state index contributed by atoms with van der Waals surface area (Å²) in [6.07, 6.45) is 6.22. The Labute approximate surface area is 92.1 Å². The van der Waals surface area contributed by atoms with Crippen LogP contribution in [0.3, 0.4) is 0 Å². The standard InChI is InChI=1S/C11H12N2OS/c14-9-3-4-13-8(6-9)7-12-11(13)10-2-1-5-15-10/h3-4,6-7,10,14H,1-2,5H2. The monoisotopic (exact) mass is 220 g/mol. The van der Waals surface area contributed by atoms with Crippen LogP contribution in [0.15, 0.2) is 24.5 Å². The van der Waals surface area contributed by atoms with E-state index in [9.17, 15) is 5.11 Å². The number of aromatic hydroxyl groups is 1. The summed E-state index contributed by atoms with van der Waals surface area (Å²) in [5.41, 5.74) is 0.970. The summed E-state index contributed by atoms with van der Waals surface area (Å²) >= 11 is 1.97. The molecule has 78 valence electrons. The number of fused-ring (bicyclic) bond motifs is 1. The molecule has 4 heteroatoms. The van der Waals surface area contributed by atoms with Crippen LogP contribution in [0.25, 0.3) is 5.52 Å². The molecule has 15 heavy (non-hydrogen) atoms. The van der Waals surface area contributed by atoms with Crippen molar-refractivity contribution in [3.63, 3.8) is 0 Å². The molecule has 0 aliphatic carbocycles. The molecule has 0 bridgehead atoms. The first kappa shape index (κ1) is 9.09. The fourth-order valence-corrected chi connectivity index (χ4v) is 3.30. The van der Waals surface area contributed by atoms with Crippen LogP contribution >= 0.6 is 11.8 Å². The zero-order valence-electron chi connectivity index (χ0n) is 8.26. The number of rotatable bonds is 1. The highest BCUT2D eigenvalue weighted by molar-refractivity contribution is 7.99. The van der Waals surface area contributed by atoms with Gasteiger partial charge in [-0.15, -0.1) is 0 Å². The van der Waals surface area contributed by atoms with E-state index in [4.69, 9.17) is 0 Å². The van der Waals surface area contributed by atoms with E-state index in [0.717, 1.165) is 11.3 Å². The summed E-state index contributed by atoms with van der Waals surface area (Å²) in [6.45, 7) is 0. The van der Waals surface area contributed by atoms with E-state index in [1.807, 2.05) is 24.2 Å². The largest absolute Gasteiger partial charge is 0.508 e. The van der Waals surface area contributed by atoms with Crippen molar-refractivity contribution < 1.29 is 5.11 Å². The minimum Gasteiger partial charge on any atom is -0.508 e. The van der Waals surface area contributed by atoms with Gasteiger partial charge in [-0.2, -0.15) is 11.8 Å². The molecule has 1 saturated heterocycles. The lowest BCUT2D eigenvalue weighted by atomic mass is 10.2. The molecule has 0 saturated carbocycles. The number of hydrogen-bond donors (Lipinski definition) is 1. The molecule has 0 radical (unpaired) electrons. The maximum atomic E-state index is 9.36. The van der Waals surface area contributed by atoms with Gasteiger partial charge < -0.3 is 9.51 Å². The summed E-state index contributed by atoms with van der Waals surface area (Å²) < 4.78 is 2.07. The fraction of sp³-hybridized carbons (Fsp3) is 0.364. The molecule has 1 atom stereocenters. The Morgan fingerprint density at radius 3 is 3.27 bits per heavy atom. The molecular formula is C11H12N2OS. The van der Waals surface area contributed by atoms with Gasteiger partial charge in [0.05, 0.1) is 17.0 Å². The first-order valence-electron chi connectivity index (χ1n) is 5.12. The summed E-state index contributed by atoms with van der Waals surface area (Å²) in [5.74, 6) is 2.65. The maximum Gasteiger partial charge on any atom is 0.126 e. The highest BCUT2D eigenvalue weighted by atomic mass is 32.2. The minimum atomic E-state index is 0.299. The van der Waals surface area contributed by atoms with Crippen LogP contribution < -0.4 is 0 Å². The van der Waals surface area contributed by atoms with E-state index in [1.165, 1.54) is 18.6 Å². The molecule has 3 rings (SSSR count). The normalized spacial score (nSPS) is 21.2. The Morgan fingerprint density at radius 2 is 2.47 bits per heavy atom. The van der Waals surface area contributed by atoms with Crippen LogP contribution in [0, 0.1) is 0 Å². The highest BCUT2D eigenvalue weighted by Crippen LogP contribution is 2.39. The van der Waals surface area contributed by atoms with Crippen molar-refractivity contribution in [3.05, 3.63) is 30.4 Å². The van der Waals surface area contributed by atoms with Gasteiger partial charge in [-0.3, -0.25) is 0 Å². The maximum absolute atomic E-state index is 9.36. The molecule has 3 nitrogen and oxygen atoms in total. The molecule has 1 aliphatic rings. The number of aromatic nitrogens is 2. The lowest BCUT2D eigenvalue weighted by Crippen LogP contribution is -1.96. The number of nitrogens with zero attached hydrogens (tertiary/aromatic N) is 2. The first-order valence-corrected chi connectivity index (χ1v) is 6.17. The smallest absolute Gasteiger partial charge is 0.126 e. The van der Waals surface area contributed by atoms with Crippen molar-refractivity contribution in [2.75, 3.05) is 5.75 Å². The van der Waals surface area contributed by atoms with E-state index in [0.29, 0.717) is 11.0 Å². The molecule has 1 N–H and O–H groups in total. The summed E-state index contributed by atoms with van der Waals surface area (Å²) in [5, 5.41) is 9.88. The SMILES string of the molecule is Oc1ccn2c(C3CCCS3)ncc2c1. The lowest BCUT2D eigenvalue weighted by Gasteiger charge is -2.07. The van der Waals surface area contributed by atoms with Crippen molar-refractivity contribution in [1.82, 2.24) is 9.38 Å². The van der Waals surface area contributed by atoms with Crippen LogP contribution in [0.2, 0.25) is 0 Å². The number of pyridine rings is 1. The zero-order chi connectivity index (χ0) is 10.3. The predicted octanol–water partition coefficient (Wildman–Crippen LogP) is 2.61. The van der Waals surface area contributed by atoms with Crippen LogP contribution in [0.5, 0.6) is 5.75 Å². The quantitative estimate of drug-likeness (QED) is 0.802. The van der Waals surface area contributed by atoms with E-state index in [-0.39, 0.29) is 0 Å². The van der Waals surface area contributed by atoms with E-state index >= 15 is 0 Å². The van der Waals surface area contributed by atoms with Gasteiger partial charge >= 0.3 is 0 Å². The topological polar surface area (TPSA) is 37.5 Å². The van der Waals surface area contributed by atoms with Gasteiger partial charge in [0.25, 0.3) is 0 Å². The van der Waals surface area contributed by atoms with Gasteiger partial charge in [-0.25, -0.2) is 4.98 Å². The Bertz CT molecular complexity index is 488. The Morgan fingerprint density at radius 1 is 1.53 bits per heavy atom. The van der Waals surface area contributed by atoms with Crippen molar-refractivity contribution in [1.29, 1.82) is 0 Å². The van der Waals surface area contributed by atoms with Crippen LogP contribution in [0.4, 0.5) is 0 Å². The second-order valence-corrected chi connectivity index (χ2v) is 5.11. The van der Waals surface area contributed by atoms with Crippen molar-refractivity contribution >= 4 is 17.3 Å². The van der Waals surface area contributed by atoms with Crippen LogP contribution in [0.1, 0.15) is 23.9 Å². The first-order chi connectivity index (χ1) is 7.34. The molecule has 0 amide bonds. The molecule has 0 aromatic carbocycles. The Hall–Kier alpha value is -1.16. The number of hydrogen-bond acceptors (Lipinski definition) is 3. The number of thioether (sulfide) groups is 1. The molecule has 2 aromatic rings. The molecule has 3 heterocycles. The lowest BCUT2D eigenvalue weighted by molar-refractivity contribution is 0.475. The molecule has 1 aliphatic heterocycles. The average molecular weight is 220 g/mol. The summed E-state index contributed by atoms with van der Waals surface area (Å²) in [7, 11) is 0. The van der Waals surface area contributed by atoms with Gasteiger partial charge in [0.1, 0.15) is 11.6 Å². The Kier molecular flexibility index (Phi) is 2.09. The minimum absolute atomic E-state index is 0.299. The van der Waals surface area contributed by atoms with Gasteiger partial charge in [-0.05, 0) is 24.7 Å². The van der Waals surface area contributed by atoms with Gasteiger partial charge in [-0.1, -0.05) is 0 Å². The third-order valence-corrected chi connectivity index (χ3v) is 4.14. The van der Waals surface area contributed by atoms with Gasteiger partial charge in [0, 0.05) is 12.3 Å². The van der Waals surface area contributed by atoms with E-state index < -0.39 is 0 Å². The third kappa shape index (κ3) is 1.49. The highest BCUT2D eigenvalue weighted by Gasteiger charge is 2.21. The summed E-state index contributed by atoms with van der Waals surface area (Å²) in [6, 6.07) is 3.45. The molecular weight excluding hydrogens is 208 g/mol. The van der Waals surface area contributed by atoms with E-state index in [1.54, 1.807) is 12.1 Å². The van der Waals surface area contributed by atoms with Gasteiger partial charge in [0.15, 0.2) is 0 Å². The zero-order valence-corrected chi connectivity index (χ0v) is 9.07. The fourth-order valence-electron chi connectivity index (χ4n) is 2.03. The second-order valence-electron chi connectivity index (χ2n) is 3.80. The van der Waals surface area contributed by atoms with Gasteiger partial charge in [0.2, 0.25) is 0 Å². The summed E-state index contributed by atoms with van der Waals surface area (Å²) in [4.78, 5) is 4.45. The molecule has 0 spiro atoms. The van der Waals surface area contributed by atoms with E-state index in [2.05, 4.69) is 9.38 Å². The van der Waals surface area contributed by atoms with Crippen LogP contribution in [-0.4, -0.2) is 20.2 Å². The molecule has 1 fully saturated rings. The third-order valence-electron chi connectivity index (χ3n) is 2.76. The number of imidazole rings is 1. The Balaban J connectivity index is 2.11.